The Hall–Kier alpha value is -0.570. The van der Waals surface area contributed by atoms with Crippen molar-refractivity contribution in [1.82, 2.24) is 4.90 Å². The number of nitrogens with zero attached hydrogens (tertiary/aromatic N) is 1. The van der Waals surface area contributed by atoms with E-state index < -0.39 is 0 Å². The fourth-order valence-electron chi connectivity index (χ4n) is 1.84. The normalized spacial score (nSPS) is 22.8. The molecule has 0 aromatic rings. The lowest BCUT2D eigenvalue weighted by Crippen LogP contribution is -2.22. The van der Waals surface area contributed by atoms with Crippen molar-refractivity contribution in [2.45, 2.75) is 32.1 Å². The summed E-state index contributed by atoms with van der Waals surface area (Å²) in [5, 5.41) is 8.58. The van der Waals surface area contributed by atoms with Gasteiger partial charge in [-0.3, -0.25) is 4.79 Å². The number of rotatable bonds is 5. The summed E-state index contributed by atoms with van der Waals surface area (Å²) in [4.78, 5) is 13.3. The predicted octanol–water partition coefficient (Wildman–Crippen LogP) is 1.02. The van der Waals surface area contributed by atoms with Gasteiger partial charge in [-0.1, -0.05) is 12.8 Å². The van der Waals surface area contributed by atoms with Crippen LogP contribution in [0.25, 0.3) is 0 Å². The summed E-state index contributed by atoms with van der Waals surface area (Å²) >= 11 is 0. The van der Waals surface area contributed by atoms with E-state index in [-0.39, 0.29) is 12.5 Å². The number of hydrogen-bond donors (Lipinski definition) is 1. The van der Waals surface area contributed by atoms with Crippen LogP contribution in [0.4, 0.5) is 0 Å². The first-order valence-corrected chi connectivity index (χ1v) is 5.11. The SMILES string of the molecule is CN1CCC(CCCCCO)C1=O. The Morgan fingerprint density at radius 3 is 2.77 bits per heavy atom. The smallest absolute Gasteiger partial charge is 0.225 e. The van der Waals surface area contributed by atoms with E-state index in [0.717, 1.165) is 38.6 Å². The number of likely N-dealkylation sites (tertiary alicyclic amines) is 1. The quantitative estimate of drug-likeness (QED) is 0.650. The Balaban J connectivity index is 2.12. The maximum Gasteiger partial charge on any atom is 0.225 e. The number of hydrogen-bond acceptors (Lipinski definition) is 2. The Kier molecular flexibility index (Phi) is 4.22. The van der Waals surface area contributed by atoms with Gasteiger partial charge in [0.05, 0.1) is 0 Å². The first-order chi connectivity index (χ1) is 6.25. The molecule has 0 bridgehead atoms. The molecule has 0 radical (unpaired) electrons. The van der Waals surface area contributed by atoms with Crippen molar-refractivity contribution >= 4 is 5.91 Å². The molecule has 0 aliphatic carbocycles. The number of aliphatic hydroxyl groups excluding tert-OH is 1. The summed E-state index contributed by atoms with van der Waals surface area (Å²) in [6.45, 7) is 1.20. The predicted molar refractivity (Wildman–Crippen MR) is 51.3 cm³/mol. The number of carbonyl (C=O) groups excluding carboxylic acids is 1. The van der Waals surface area contributed by atoms with Gasteiger partial charge in [-0.05, 0) is 19.3 Å². The van der Waals surface area contributed by atoms with E-state index >= 15 is 0 Å². The van der Waals surface area contributed by atoms with Gasteiger partial charge in [0, 0.05) is 26.1 Å². The second kappa shape index (κ2) is 5.22. The van der Waals surface area contributed by atoms with Gasteiger partial charge in [0.1, 0.15) is 0 Å². The highest BCUT2D eigenvalue weighted by Gasteiger charge is 2.27. The molecule has 3 nitrogen and oxygen atoms in total. The van der Waals surface area contributed by atoms with Crippen molar-refractivity contribution in [3.63, 3.8) is 0 Å². The molecule has 1 atom stereocenters. The zero-order valence-electron chi connectivity index (χ0n) is 8.33. The first-order valence-electron chi connectivity index (χ1n) is 5.11. The minimum absolute atomic E-state index is 0.267. The third-order valence-electron chi connectivity index (χ3n) is 2.75. The summed E-state index contributed by atoms with van der Waals surface area (Å²) in [5.41, 5.74) is 0. The molecule has 76 valence electrons. The zero-order valence-corrected chi connectivity index (χ0v) is 8.33. The first kappa shape index (κ1) is 10.5. The largest absolute Gasteiger partial charge is 0.396 e. The summed E-state index contributed by atoms with van der Waals surface area (Å²) in [6.07, 6.45) is 5.02. The van der Waals surface area contributed by atoms with Gasteiger partial charge in [0.15, 0.2) is 0 Å². The topological polar surface area (TPSA) is 40.5 Å². The van der Waals surface area contributed by atoms with E-state index in [0.29, 0.717) is 5.91 Å². The average Bonchev–Trinajstić information content (AvgIpc) is 2.43. The zero-order chi connectivity index (χ0) is 9.68. The monoisotopic (exact) mass is 185 g/mol. The fraction of sp³-hybridized carbons (Fsp3) is 0.900. The van der Waals surface area contributed by atoms with Gasteiger partial charge >= 0.3 is 0 Å². The minimum atomic E-state index is 0.267. The summed E-state index contributed by atoms with van der Waals surface area (Å²) < 4.78 is 0. The summed E-state index contributed by atoms with van der Waals surface area (Å²) in [7, 11) is 1.87. The van der Waals surface area contributed by atoms with E-state index in [4.69, 9.17) is 5.11 Å². The van der Waals surface area contributed by atoms with Crippen LogP contribution in [0.15, 0.2) is 0 Å². The molecule has 0 aromatic carbocycles. The molecule has 1 heterocycles. The van der Waals surface area contributed by atoms with Crippen LogP contribution < -0.4 is 0 Å². The third kappa shape index (κ3) is 2.99. The molecule has 1 aliphatic rings. The van der Waals surface area contributed by atoms with Crippen LogP contribution >= 0.6 is 0 Å². The van der Waals surface area contributed by atoms with E-state index in [1.165, 1.54) is 0 Å². The van der Waals surface area contributed by atoms with Crippen molar-refractivity contribution in [2.75, 3.05) is 20.2 Å². The van der Waals surface area contributed by atoms with Crippen LogP contribution in [0.3, 0.4) is 0 Å². The number of amides is 1. The molecule has 0 spiro atoms. The molecule has 0 aromatic heterocycles. The van der Waals surface area contributed by atoms with Crippen molar-refractivity contribution < 1.29 is 9.90 Å². The lowest BCUT2D eigenvalue weighted by Gasteiger charge is -2.09. The molecule has 0 saturated carbocycles. The molecule has 1 fully saturated rings. The lowest BCUT2D eigenvalue weighted by atomic mass is 10.00. The maximum atomic E-state index is 11.4. The molecule has 1 rings (SSSR count). The van der Waals surface area contributed by atoms with E-state index in [2.05, 4.69) is 0 Å². The molecule has 1 amide bonds. The van der Waals surface area contributed by atoms with Gasteiger partial charge in [-0.25, -0.2) is 0 Å². The van der Waals surface area contributed by atoms with E-state index in [9.17, 15) is 4.79 Å². The van der Waals surface area contributed by atoms with Crippen LogP contribution in [0.1, 0.15) is 32.1 Å². The van der Waals surface area contributed by atoms with Crippen molar-refractivity contribution in [3.05, 3.63) is 0 Å². The number of aliphatic hydroxyl groups is 1. The molecule has 1 unspecified atom stereocenters. The highest BCUT2D eigenvalue weighted by atomic mass is 16.2. The van der Waals surface area contributed by atoms with E-state index in [1.807, 2.05) is 11.9 Å². The van der Waals surface area contributed by atoms with Gasteiger partial charge in [0.25, 0.3) is 0 Å². The minimum Gasteiger partial charge on any atom is -0.396 e. The molecule has 1 aliphatic heterocycles. The van der Waals surface area contributed by atoms with Crippen molar-refractivity contribution in [2.24, 2.45) is 5.92 Å². The highest BCUT2D eigenvalue weighted by molar-refractivity contribution is 5.80. The van der Waals surface area contributed by atoms with Crippen LogP contribution in [0.2, 0.25) is 0 Å². The third-order valence-corrected chi connectivity index (χ3v) is 2.75. The van der Waals surface area contributed by atoms with Gasteiger partial charge in [-0.2, -0.15) is 0 Å². The molecular weight excluding hydrogens is 166 g/mol. The summed E-state index contributed by atoms with van der Waals surface area (Å²) in [5.74, 6) is 0.577. The standard InChI is InChI=1S/C10H19NO2/c1-11-7-6-9(10(11)13)5-3-2-4-8-12/h9,12H,2-8H2,1H3. The maximum absolute atomic E-state index is 11.4. The number of unbranched alkanes of at least 4 members (excludes halogenated alkanes) is 2. The molecule has 13 heavy (non-hydrogen) atoms. The average molecular weight is 185 g/mol. The van der Waals surface area contributed by atoms with Crippen molar-refractivity contribution in [3.8, 4) is 0 Å². The van der Waals surface area contributed by atoms with Crippen LogP contribution in [0.5, 0.6) is 0 Å². The fourth-order valence-corrected chi connectivity index (χ4v) is 1.84. The Bertz CT molecular complexity index is 170. The van der Waals surface area contributed by atoms with Gasteiger partial charge in [0.2, 0.25) is 5.91 Å². The van der Waals surface area contributed by atoms with Crippen LogP contribution in [-0.2, 0) is 4.79 Å². The molecule has 1 N–H and O–H groups in total. The van der Waals surface area contributed by atoms with Crippen molar-refractivity contribution in [1.29, 1.82) is 0 Å². The van der Waals surface area contributed by atoms with Gasteiger partial charge in [-0.15, -0.1) is 0 Å². The van der Waals surface area contributed by atoms with Crippen LogP contribution in [0, 0.1) is 5.92 Å². The highest BCUT2D eigenvalue weighted by Crippen LogP contribution is 2.22. The Morgan fingerprint density at radius 1 is 1.46 bits per heavy atom. The second-order valence-electron chi connectivity index (χ2n) is 3.82. The van der Waals surface area contributed by atoms with E-state index in [1.54, 1.807) is 0 Å². The van der Waals surface area contributed by atoms with Gasteiger partial charge < -0.3 is 10.0 Å². The van der Waals surface area contributed by atoms with Crippen LogP contribution in [-0.4, -0.2) is 36.1 Å². The molecule has 3 heteroatoms. The Labute approximate surface area is 79.7 Å². The number of carbonyl (C=O) groups is 1. The molecular formula is C10H19NO2. The molecule has 1 saturated heterocycles. The Morgan fingerprint density at radius 2 is 2.23 bits per heavy atom. The lowest BCUT2D eigenvalue weighted by molar-refractivity contribution is -0.130. The summed E-state index contributed by atoms with van der Waals surface area (Å²) in [6, 6.07) is 0. The second-order valence-corrected chi connectivity index (χ2v) is 3.82.